The van der Waals surface area contributed by atoms with Crippen LogP contribution in [-0.4, -0.2) is 44.8 Å². The van der Waals surface area contributed by atoms with Crippen LogP contribution in [0.5, 0.6) is 11.5 Å². The number of halogens is 1. The number of likely N-dealkylation sites (N-methyl/N-ethyl adjacent to an activating group) is 1. The molecule has 8 nitrogen and oxygen atoms in total. The number of ether oxygens (including phenoxy) is 1. The molecule has 1 unspecified atom stereocenters. The van der Waals surface area contributed by atoms with E-state index in [-0.39, 0.29) is 23.5 Å². The molecule has 10 heteroatoms. The minimum Gasteiger partial charge on any atom is -0.457 e. The first-order valence-electron chi connectivity index (χ1n) is 13.8. The third-order valence-corrected chi connectivity index (χ3v) is 8.68. The van der Waals surface area contributed by atoms with Gasteiger partial charge in [0.05, 0.1) is 10.6 Å². The van der Waals surface area contributed by atoms with Crippen LogP contribution in [0.4, 0.5) is 10.1 Å². The molecule has 0 aliphatic heterocycles. The highest BCUT2D eigenvalue weighted by Gasteiger charge is 2.33. The first-order chi connectivity index (χ1) is 20.6. The molecule has 0 heterocycles. The molecule has 0 aliphatic carbocycles. The molecule has 4 aromatic rings. The van der Waals surface area contributed by atoms with Crippen molar-refractivity contribution < 1.29 is 27.1 Å². The molecular formula is C33H34FN3O5S. The topological polar surface area (TPSA) is 96.0 Å². The van der Waals surface area contributed by atoms with Gasteiger partial charge in [0.1, 0.15) is 29.9 Å². The van der Waals surface area contributed by atoms with Gasteiger partial charge in [0.25, 0.3) is 10.0 Å². The Kier molecular flexibility index (Phi) is 10.2. The van der Waals surface area contributed by atoms with Crippen LogP contribution in [0.1, 0.15) is 24.5 Å². The molecule has 0 saturated carbocycles. The minimum absolute atomic E-state index is 0.0129. The van der Waals surface area contributed by atoms with Gasteiger partial charge in [-0.05, 0) is 79.6 Å². The van der Waals surface area contributed by atoms with Crippen molar-refractivity contribution in [1.29, 1.82) is 0 Å². The number of amides is 2. The maximum absolute atomic E-state index is 14.0. The van der Waals surface area contributed by atoms with E-state index in [0.717, 1.165) is 9.87 Å². The summed E-state index contributed by atoms with van der Waals surface area (Å²) in [6.45, 7) is 3.01. The Hall–Kier alpha value is -4.70. The van der Waals surface area contributed by atoms with Gasteiger partial charge in [-0.15, -0.1) is 0 Å². The number of sulfonamides is 1. The van der Waals surface area contributed by atoms with Crippen molar-refractivity contribution >= 4 is 27.5 Å². The molecule has 0 fully saturated rings. The highest BCUT2D eigenvalue weighted by Crippen LogP contribution is 2.29. The number of hydrogen-bond acceptors (Lipinski definition) is 5. The highest BCUT2D eigenvalue weighted by molar-refractivity contribution is 7.92. The Balaban J connectivity index is 1.72. The zero-order valence-electron chi connectivity index (χ0n) is 24.2. The van der Waals surface area contributed by atoms with E-state index in [4.69, 9.17) is 4.74 Å². The Labute approximate surface area is 251 Å². The van der Waals surface area contributed by atoms with Crippen LogP contribution in [0.3, 0.4) is 0 Å². The second kappa shape index (κ2) is 14.0. The number of aryl methyl sites for hydroxylation is 1. The molecule has 224 valence electrons. The lowest BCUT2D eigenvalue weighted by Crippen LogP contribution is -2.51. The van der Waals surface area contributed by atoms with Gasteiger partial charge in [-0.1, -0.05) is 55.0 Å². The van der Waals surface area contributed by atoms with Crippen LogP contribution in [0.2, 0.25) is 0 Å². The van der Waals surface area contributed by atoms with Crippen molar-refractivity contribution in [2.75, 3.05) is 17.9 Å². The minimum atomic E-state index is -4.21. The molecule has 0 spiro atoms. The Morgan fingerprint density at radius 3 is 2.05 bits per heavy atom. The standard InChI is InChI=1S/C33H34FN3O5S/c1-4-31(33(39)35-3)36(22-25-12-14-26(34)15-13-25)32(38)23-37(43(40,41)30-20-10-24(2)11-21-30)27-16-18-29(19-17-27)42-28-8-6-5-7-9-28/h5-21,31H,4,22-23H2,1-3H3,(H,35,39). The largest absolute Gasteiger partial charge is 0.457 e. The van der Waals surface area contributed by atoms with E-state index < -0.39 is 40.2 Å². The number of carbonyl (C=O) groups excluding carboxylic acids is 2. The molecule has 1 N–H and O–H groups in total. The van der Waals surface area contributed by atoms with Crippen molar-refractivity contribution in [1.82, 2.24) is 10.2 Å². The Morgan fingerprint density at radius 1 is 0.860 bits per heavy atom. The normalized spacial score (nSPS) is 11.8. The molecule has 0 radical (unpaired) electrons. The fourth-order valence-corrected chi connectivity index (χ4v) is 5.96. The van der Waals surface area contributed by atoms with Crippen molar-refractivity contribution in [2.24, 2.45) is 0 Å². The van der Waals surface area contributed by atoms with Crippen LogP contribution in [0.15, 0.2) is 108 Å². The van der Waals surface area contributed by atoms with Gasteiger partial charge in [0.15, 0.2) is 0 Å². The van der Waals surface area contributed by atoms with Crippen molar-refractivity contribution in [3.63, 3.8) is 0 Å². The summed E-state index contributed by atoms with van der Waals surface area (Å²) in [6, 6.07) is 26.6. The van der Waals surface area contributed by atoms with Gasteiger partial charge < -0.3 is 15.0 Å². The number of anilines is 1. The van der Waals surface area contributed by atoms with Gasteiger partial charge >= 0.3 is 0 Å². The summed E-state index contributed by atoms with van der Waals surface area (Å²) >= 11 is 0. The molecule has 2 amide bonds. The van der Waals surface area contributed by atoms with E-state index in [9.17, 15) is 22.4 Å². The fourth-order valence-electron chi connectivity index (χ4n) is 4.54. The van der Waals surface area contributed by atoms with Crippen molar-refractivity contribution in [3.05, 3.63) is 120 Å². The highest BCUT2D eigenvalue weighted by atomic mass is 32.2. The number of nitrogens with zero attached hydrogens (tertiary/aromatic N) is 2. The summed E-state index contributed by atoms with van der Waals surface area (Å²) in [7, 11) is -2.74. The van der Waals surface area contributed by atoms with E-state index in [1.54, 1.807) is 55.5 Å². The molecular weight excluding hydrogens is 569 g/mol. The van der Waals surface area contributed by atoms with E-state index in [1.807, 2.05) is 25.1 Å². The SMILES string of the molecule is CCC(C(=O)NC)N(Cc1ccc(F)cc1)C(=O)CN(c1ccc(Oc2ccccc2)cc1)S(=O)(=O)c1ccc(C)cc1. The lowest BCUT2D eigenvalue weighted by atomic mass is 10.1. The van der Waals surface area contributed by atoms with Crippen LogP contribution in [0, 0.1) is 12.7 Å². The molecule has 0 bridgehead atoms. The van der Waals surface area contributed by atoms with Crippen molar-refractivity contribution in [2.45, 2.75) is 37.8 Å². The zero-order chi connectivity index (χ0) is 31.0. The van der Waals surface area contributed by atoms with Crippen LogP contribution in [-0.2, 0) is 26.2 Å². The molecule has 43 heavy (non-hydrogen) atoms. The molecule has 0 saturated heterocycles. The number of benzene rings is 4. The van der Waals surface area contributed by atoms with E-state index in [1.165, 1.54) is 48.3 Å². The van der Waals surface area contributed by atoms with Gasteiger partial charge in [-0.25, -0.2) is 12.8 Å². The second-order valence-corrected chi connectivity index (χ2v) is 11.8. The van der Waals surface area contributed by atoms with E-state index >= 15 is 0 Å². The van der Waals surface area contributed by atoms with E-state index in [2.05, 4.69) is 5.32 Å². The predicted molar refractivity (Wildman–Crippen MR) is 164 cm³/mol. The maximum Gasteiger partial charge on any atom is 0.264 e. The molecule has 0 aliphatic rings. The number of nitrogens with one attached hydrogen (secondary N) is 1. The van der Waals surface area contributed by atoms with Gasteiger partial charge in [-0.2, -0.15) is 0 Å². The summed E-state index contributed by atoms with van der Waals surface area (Å²) < 4.78 is 48.5. The quantitative estimate of drug-likeness (QED) is 0.225. The van der Waals surface area contributed by atoms with Crippen LogP contribution >= 0.6 is 0 Å². The number of carbonyl (C=O) groups is 2. The van der Waals surface area contributed by atoms with Gasteiger partial charge in [0, 0.05) is 13.6 Å². The van der Waals surface area contributed by atoms with Gasteiger partial charge in [-0.3, -0.25) is 13.9 Å². The third-order valence-electron chi connectivity index (χ3n) is 6.89. The summed E-state index contributed by atoms with van der Waals surface area (Å²) in [5, 5.41) is 2.58. The number of hydrogen-bond donors (Lipinski definition) is 1. The first-order valence-corrected chi connectivity index (χ1v) is 15.2. The number of para-hydroxylation sites is 1. The number of rotatable bonds is 12. The zero-order valence-corrected chi connectivity index (χ0v) is 25.1. The molecule has 4 rings (SSSR count). The second-order valence-electron chi connectivity index (χ2n) is 9.92. The van der Waals surface area contributed by atoms with Gasteiger partial charge in [0.2, 0.25) is 11.8 Å². The smallest absolute Gasteiger partial charge is 0.264 e. The first kappa shape index (κ1) is 31.2. The predicted octanol–water partition coefficient (Wildman–Crippen LogP) is 5.68. The fraction of sp³-hybridized carbons (Fsp3) is 0.212. The summed E-state index contributed by atoms with van der Waals surface area (Å²) in [4.78, 5) is 28.2. The molecule has 0 aromatic heterocycles. The maximum atomic E-state index is 14.0. The summed E-state index contributed by atoms with van der Waals surface area (Å²) in [5.74, 6) is -0.327. The lowest BCUT2D eigenvalue weighted by molar-refractivity contribution is -0.140. The monoisotopic (exact) mass is 603 g/mol. The summed E-state index contributed by atoms with van der Waals surface area (Å²) in [5.41, 5.74) is 1.71. The van der Waals surface area contributed by atoms with Crippen LogP contribution < -0.4 is 14.4 Å². The molecule has 4 aromatic carbocycles. The average Bonchev–Trinajstić information content (AvgIpc) is 3.01. The van der Waals surface area contributed by atoms with Crippen LogP contribution in [0.25, 0.3) is 0 Å². The Bertz CT molecular complexity index is 1630. The average molecular weight is 604 g/mol. The third kappa shape index (κ3) is 7.78. The summed E-state index contributed by atoms with van der Waals surface area (Å²) in [6.07, 6.45) is 0.281. The Morgan fingerprint density at radius 2 is 1.47 bits per heavy atom. The molecule has 1 atom stereocenters. The lowest BCUT2D eigenvalue weighted by Gasteiger charge is -2.33. The van der Waals surface area contributed by atoms with E-state index in [0.29, 0.717) is 17.1 Å². The van der Waals surface area contributed by atoms with Crippen molar-refractivity contribution in [3.8, 4) is 11.5 Å².